The average molecular weight is 1510 g/mol. The van der Waals surface area contributed by atoms with E-state index < -0.39 is 131 Å². The molecule has 27 nitrogen and oxygen atoms in total. The number of phenols is 2. The number of aromatic hydroxyl groups is 2. The number of aliphatic hydroxyl groups excluding tert-OH is 2. The third kappa shape index (κ3) is 18.3. The van der Waals surface area contributed by atoms with Gasteiger partial charge in [0.15, 0.2) is 17.5 Å². The molecule has 5 aliphatic heterocycles. The summed E-state index contributed by atoms with van der Waals surface area (Å²) in [6, 6.07) is 28.1. The molecule has 8 amide bonds. The SMILES string of the molecule is CC(C)C[C@H](C(=O)N[C@H]1C(=O)N[C@@H](CC(N)=O)C(=O)N[C@H]2C(=O)N[C@H]3C(=O)N[C@H](C(=O)N[C@H](C(=O)OCc4ccccc4)c4cc(O)cc(OCc5ccccc5)c4-c4cc3ccc4O)[C@H](O)c3ccc(c(Cl)c3)Oc3cc2cc(c3OCc2ccccc2)Oc2ccc(cc2Cl)[C@H]1O)N(C)C(=O)OC(C)(C)C. The van der Waals surface area contributed by atoms with E-state index in [2.05, 4.69) is 31.9 Å². The molecule has 0 unspecified atom stereocenters. The first-order chi connectivity index (χ1) is 51.5. The molecule has 0 aromatic heterocycles. The van der Waals surface area contributed by atoms with Crippen molar-refractivity contribution in [3.05, 3.63) is 224 Å². The number of nitrogens with one attached hydrogen (secondary N) is 6. The van der Waals surface area contributed by atoms with E-state index in [0.29, 0.717) is 16.7 Å². The van der Waals surface area contributed by atoms with E-state index in [1.165, 1.54) is 73.8 Å². The van der Waals surface area contributed by atoms with Crippen LogP contribution in [0, 0.1) is 5.92 Å². The minimum Gasteiger partial charge on any atom is -0.508 e. The summed E-state index contributed by atoms with van der Waals surface area (Å²) in [4.78, 5) is 136. The summed E-state index contributed by atoms with van der Waals surface area (Å²) >= 11 is 14.3. The van der Waals surface area contributed by atoms with Crippen LogP contribution in [0.5, 0.6) is 46.0 Å². The highest BCUT2D eigenvalue weighted by Crippen LogP contribution is 2.49. The number of benzene rings is 8. The lowest BCUT2D eigenvalue weighted by atomic mass is 9.89. The molecule has 13 rings (SSSR count). The maximum Gasteiger partial charge on any atom is 0.410 e. The van der Waals surface area contributed by atoms with Crippen molar-refractivity contribution in [2.45, 2.75) is 127 Å². The standard InChI is InChI=1S/C79H78Cl2N8O19/c1-40(2)28-54(89(6)78(102)108-79(3,4)5)72(96)87-66-68(93)45-23-26-56(51(80)30-45)106-59-32-47-33-60(70(59)104-38-42-18-12-8-13-19-42)107-57-27-24-46(31-52(57)81)69(94)67-76(100)86-65(77(101)105-39-43-20-14-9-15-21-43)50-34-48(90)35-58(103-37-41-16-10-7-11-17-41)62(50)49-29-44(22-25-55(49)91)63(73(97)88-67)85-74(98)64(47)84-71(95)53(36-61(82)92)83-75(66)99/h7-27,29-35,40,53-54,63-69,90-91,93-94H,28,36-39H2,1-6H3,(H2,82,92)(H,83,99)(H,84,95)(H,85,98)(H,86,100)(H,87,96)(H,88,97)/t53-,54+,63+,64+,65-,66+,67-,68+,69+/m0/s1. The first-order valence-corrected chi connectivity index (χ1v) is 35.0. The summed E-state index contributed by atoms with van der Waals surface area (Å²) in [5, 5.41) is 63.9. The number of hydrogen-bond donors (Lipinski definition) is 11. The minimum absolute atomic E-state index is 0.00361. The van der Waals surface area contributed by atoms with Crippen LogP contribution < -0.4 is 56.6 Å². The van der Waals surface area contributed by atoms with Gasteiger partial charge in [-0.25, -0.2) is 9.59 Å². The van der Waals surface area contributed by atoms with Crippen molar-refractivity contribution in [3.8, 4) is 57.1 Å². The minimum atomic E-state index is -2.18. The fraction of sp³-hybridized carbons (Fsp3) is 0.278. The highest BCUT2D eigenvalue weighted by Gasteiger charge is 2.43. The summed E-state index contributed by atoms with van der Waals surface area (Å²) in [5.74, 6) is -12.5. The number of nitrogens with zero attached hydrogens (tertiary/aromatic N) is 1. The van der Waals surface area contributed by atoms with Gasteiger partial charge < -0.3 is 86.5 Å². The van der Waals surface area contributed by atoms with Gasteiger partial charge in [0, 0.05) is 29.8 Å². The molecular weight excluding hydrogens is 1440 g/mol. The van der Waals surface area contributed by atoms with Crippen LogP contribution in [0.4, 0.5) is 4.79 Å². The molecule has 9 atom stereocenters. The number of primary amides is 1. The smallest absolute Gasteiger partial charge is 0.410 e. The van der Waals surface area contributed by atoms with Crippen LogP contribution in [0.25, 0.3) is 11.1 Å². The van der Waals surface area contributed by atoms with Crippen molar-refractivity contribution in [3.63, 3.8) is 0 Å². The quantitative estimate of drug-likeness (QED) is 0.0401. The van der Waals surface area contributed by atoms with E-state index in [0.717, 1.165) is 17.0 Å². The van der Waals surface area contributed by atoms with E-state index in [1.54, 1.807) is 126 Å². The molecule has 108 heavy (non-hydrogen) atoms. The lowest BCUT2D eigenvalue weighted by Crippen LogP contribution is -2.59. The Labute approximate surface area is 629 Å². The predicted octanol–water partition coefficient (Wildman–Crippen LogP) is 9.45. The molecule has 5 heterocycles. The first-order valence-electron chi connectivity index (χ1n) is 34.3. The third-order valence-electron chi connectivity index (χ3n) is 17.7. The van der Waals surface area contributed by atoms with Crippen LogP contribution in [0.2, 0.25) is 10.0 Å². The van der Waals surface area contributed by atoms with Gasteiger partial charge in [-0.05, 0) is 127 Å². The molecule has 8 aromatic carbocycles. The number of aliphatic hydroxyl groups is 2. The Balaban J connectivity index is 1.12. The second-order valence-corrected chi connectivity index (χ2v) is 28.2. The fourth-order valence-electron chi connectivity index (χ4n) is 12.4. The number of nitrogens with two attached hydrogens (primary N) is 1. The van der Waals surface area contributed by atoms with Crippen LogP contribution >= 0.6 is 23.2 Å². The first kappa shape index (κ1) is 77.2. The van der Waals surface area contributed by atoms with Crippen molar-refractivity contribution in [2.75, 3.05) is 7.05 Å². The van der Waals surface area contributed by atoms with Gasteiger partial charge in [-0.2, -0.15) is 0 Å². The number of amides is 8. The van der Waals surface area contributed by atoms with E-state index in [9.17, 15) is 39.6 Å². The summed E-state index contributed by atoms with van der Waals surface area (Å²) in [6.07, 6.45) is -6.12. The maximum atomic E-state index is 16.2. The van der Waals surface area contributed by atoms with Gasteiger partial charge >= 0.3 is 12.1 Å². The lowest BCUT2D eigenvalue weighted by Gasteiger charge is -2.33. The zero-order valence-corrected chi connectivity index (χ0v) is 60.7. The molecule has 29 heteroatoms. The van der Waals surface area contributed by atoms with E-state index >= 15 is 24.0 Å². The number of carbonyl (C=O) groups excluding carboxylic acids is 9. The summed E-state index contributed by atoms with van der Waals surface area (Å²) < 4.78 is 37.9. The molecule has 12 N–H and O–H groups in total. The molecule has 0 aliphatic carbocycles. The number of hydrogen-bond acceptors (Lipinski definition) is 19. The molecule has 0 radical (unpaired) electrons. The average Bonchev–Trinajstić information content (AvgIpc) is 0.763. The number of halogens is 2. The van der Waals surface area contributed by atoms with Crippen molar-refractivity contribution >= 4 is 76.6 Å². The molecule has 0 saturated heterocycles. The topological polar surface area (TPSA) is 391 Å². The second-order valence-electron chi connectivity index (χ2n) is 27.4. The van der Waals surface area contributed by atoms with E-state index in [4.69, 9.17) is 57.4 Å². The van der Waals surface area contributed by atoms with E-state index in [1.807, 2.05) is 0 Å². The van der Waals surface area contributed by atoms with Crippen molar-refractivity contribution in [2.24, 2.45) is 11.7 Å². The number of likely N-dealkylation sites (N-methyl/N-ethyl adjacent to an activating group) is 1. The molecule has 0 spiro atoms. The van der Waals surface area contributed by atoms with Crippen LogP contribution in [-0.2, 0) is 67.7 Å². The Morgan fingerprint density at radius 1 is 0.593 bits per heavy atom. The summed E-state index contributed by atoms with van der Waals surface area (Å²) in [7, 11) is 1.31. The molecule has 5 aliphatic rings. The number of phenolic OH excluding ortho intramolecular Hbond substituents is 2. The number of fused-ring (bicyclic) bond motifs is 15. The van der Waals surface area contributed by atoms with Gasteiger partial charge in [0.2, 0.25) is 47.1 Å². The molecule has 8 aromatic rings. The second kappa shape index (κ2) is 33.3. The molecule has 0 saturated carbocycles. The fourth-order valence-corrected chi connectivity index (χ4v) is 12.8. The normalized spacial score (nSPS) is 19.6. The van der Waals surface area contributed by atoms with Gasteiger partial charge in [0.05, 0.1) is 16.5 Å². The monoisotopic (exact) mass is 1510 g/mol. The molecule has 11 bridgehead atoms. The Bertz CT molecular complexity index is 4760. The van der Waals surface area contributed by atoms with Crippen LogP contribution in [0.1, 0.15) is 122 Å². The Hall–Kier alpha value is -11.9. The number of esters is 1. The highest BCUT2D eigenvalue weighted by molar-refractivity contribution is 6.32. The third-order valence-corrected chi connectivity index (χ3v) is 18.3. The van der Waals surface area contributed by atoms with Crippen molar-refractivity contribution < 1.29 is 92.0 Å². The van der Waals surface area contributed by atoms with Gasteiger partial charge in [0.25, 0.3) is 0 Å². The number of carbonyl (C=O) groups is 9. The number of rotatable bonds is 16. The highest BCUT2D eigenvalue weighted by atomic mass is 35.5. The summed E-state index contributed by atoms with van der Waals surface area (Å²) in [5.41, 5.74) is 5.21. The van der Waals surface area contributed by atoms with Crippen molar-refractivity contribution in [1.82, 2.24) is 36.8 Å². The lowest BCUT2D eigenvalue weighted by molar-refractivity contribution is -0.150. The van der Waals surface area contributed by atoms with Gasteiger partial charge in [-0.3, -0.25) is 38.5 Å². The van der Waals surface area contributed by atoms with Crippen molar-refractivity contribution in [1.29, 1.82) is 0 Å². The summed E-state index contributed by atoms with van der Waals surface area (Å²) in [6.45, 7) is 7.67. The van der Waals surface area contributed by atoms with Crippen LogP contribution in [-0.4, -0.2) is 116 Å². The van der Waals surface area contributed by atoms with Gasteiger partial charge in [-0.1, -0.05) is 146 Å². The van der Waals surface area contributed by atoms with Gasteiger partial charge in [0.1, 0.15) is 103 Å². The van der Waals surface area contributed by atoms with Crippen LogP contribution in [0.15, 0.2) is 170 Å². The Morgan fingerprint density at radius 2 is 1.13 bits per heavy atom. The molecule has 0 fully saturated rings. The zero-order chi connectivity index (χ0) is 77.4. The zero-order valence-electron chi connectivity index (χ0n) is 59.2. The maximum absolute atomic E-state index is 16.2. The predicted molar refractivity (Wildman–Crippen MR) is 392 cm³/mol. The molecule has 562 valence electrons. The number of ether oxygens (including phenoxy) is 6. The molecular formula is C79H78Cl2N8O19. The largest absolute Gasteiger partial charge is 0.508 e. The van der Waals surface area contributed by atoms with E-state index in [-0.39, 0.29) is 116 Å². The Kier molecular flexibility index (Phi) is 23.8. The van der Waals surface area contributed by atoms with Crippen LogP contribution in [0.3, 0.4) is 0 Å². The Morgan fingerprint density at radius 3 is 1.69 bits per heavy atom. The van der Waals surface area contributed by atoms with Gasteiger partial charge in [-0.15, -0.1) is 0 Å².